The number of hydrogen-bond acceptors (Lipinski definition) is 3. The van der Waals surface area contributed by atoms with Crippen molar-refractivity contribution in [2.45, 2.75) is 27.7 Å². The van der Waals surface area contributed by atoms with Gasteiger partial charge in [-0.2, -0.15) is 0 Å². The molecule has 4 heteroatoms. The van der Waals surface area contributed by atoms with Crippen molar-refractivity contribution in [2.75, 3.05) is 0 Å². The van der Waals surface area contributed by atoms with E-state index in [2.05, 4.69) is 64.1 Å². The van der Waals surface area contributed by atoms with Gasteiger partial charge in [0.15, 0.2) is 0 Å². The second kappa shape index (κ2) is 12.1. The van der Waals surface area contributed by atoms with Crippen LogP contribution in [0.5, 0.6) is 0 Å². The summed E-state index contributed by atoms with van der Waals surface area (Å²) in [6.07, 6.45) is 0. The topological polar surface area (TPSA) is 51.2 Å². The third-order valence-corrected chi connectivity index (χ3v) is 3.50. The van der Waals surface area contributed by atoms with E-state index >= 15 is 0 Å². The number of allylic oxidation sites excluding steroid dienone is 4. The van der Waals surface area contributed by atoms with E-state index in [-0.39, 0.29) is 0 Å². The van der Waals surface area contributed by atoms with E-state index in [1.807, 2.05) is 0 Å². The first kappa shape index (κ1) is 20.4. The number of carbonyl (C=O) groups excluding carboxylic acids is 3. The van der Waals surface area contributed by atoms with Gasteiger partial charge in [-0.1, -0.05) is 0 Å². The Hall–Kier alpha value is -0.991. The zero-order valence-corrected chi connectivity index (χ0v) is 10.9. The minimum atomic E-state index is 0.611. The Kier molecular flexibility index (Phi) is 15.4. The van der Waals surface area contributed by atoms with Crippen molar-refractivity contribution < 1.29 is 30.4 Å². The molecule has 0 aromatic heterocycles. The zero-order valence-electron chi connectivity index (χ0n) is 9.68. The summed E-state index contributed by atoms with van der Waals surface area (Å²) >= 11 is 3.59. The Morgan fingerprint density at radius 2 is 1.19 bits per heavy atom. The zero-order chi connectivity index (χ0) is 13.9. The minimum absolute atomic E-state index is 0.611. The Balaban J connectivity index is -0.000000245. The van der Waals surface area contributed by atoms with Crippen molar-refractivity contribution in [2.24, 2.45) is 5.92 Å². The molecule has 0 heterocycles. The molecule has 6 radical (unpaired) electrons. The van der Waals surface area contributed by atoms with E-state index < -0.39 is 0 Å². The molecule has 0 saturated carbocycles. The number of rotatable bonds is 0. The van der Waals surface area contributed by atoms with Gasteiger partial charge in [0.2, 0.25) is 0 Å². The Morgan fingerprint density at radius 1 is 0.875 bits per heavy atom. The van der Waals surface area contributed by atoms with Gasteiger partial charge in [0.25, 0.3) is 20.4 Å². The predicted octanol–water partition coefficient (Wildman–Crippen LogP) is 1.60. The molecule has 0 aromatic rings. The molecule has 1 rings (SSSR count). The second-order valence-corrected chi connectivity index (χ2v) is 3.64. The van der Waals surface area contributed by atoms with Gasteiger partial charge >= 0.3 is 70.8 Å². The quantitative estimate of drug-likeness (QED) is 0.622. The van der Waals surface area contributed by atoms with Crippen molar-refractivity contribution in [3.05, 3.63) is 21.2 Å². The molecule has 1 aliphatic carbocycles. The molecule has 0 bridgehead atoms. The first-order valence-electron chi connectivity index (χ1n) is 4.21. The van der Waals surface area contributed by atoms with Crippen LogP contribution < -0.4 is 0 Å². The molecule has 16 heavy (non-hydrogen) atoms. The van der Waals surface area contributed by atoms with Gasteiger partial charge < -0.3 is 0 Å². The average Bonchev–Trinajstić information content (AvgIpc) is 2.55. The molecule has 0 spiro atoms. The van der Waals surface area contributed by atoms with E-state index in [1.54, 1.807) is 0 Å². The van der Waals surface area contributed by atoms with Crippen LogP contribution in [0.2, 0.25) is 0 Å². The summed E-state index contributed by atoms with van der Waals surface area (Å²) in [4.78, 5) is 22.5. The first-order valence-corrected chi connectivity index (χ1v) is 4.80. The van der Waals surface area contributed by atoms with E-state index in [0.29, 0.717) is 5.92 Å². The maximum absolute atomic E-state index is 7.50. The molecule has 86 valence electrons. The SMILES string of the molecule is CC1=C(C)C(C)[C]([Mn])=C1C.[C]=O.[C]=O.[C]=O. The summed E-state index contributed by atoms with van der Waals surface area (Å²) in [7, 11) is 0. The summed E-state index contributed by atoms with van der Waals surface area (Å²) in [6.45, 7) is 22.3. The maximum Gasteiger partial charge on any atom is 0.281 e. The molecule has 3 nitrogen and oxygen atoms in total. The van der Waals surface area contributed by atoms with Gasteiger partial charge in [0, 0.05) is 0 Å². The average molecular weight is 260 g/mol. The monoisotopic (exact) mass is 260 g/mol. The maximum atomic E-state index is 7.50. The van der Waals surface area contributed by atoms with Crippen LogP contribution in [0, 0.1) is 5.92 Å². The van der Waals surface area contributed by atoms with E-state index in [4.69, 9.17) is 14.4 Å². The fourth-order valence-corrected chi connectivity index (χ4v) is 1.79. The minimum Gasteiger partial charge on any atom is -0.281 e. The van der Waals surface area contributed by atoms with Gasteiger partial charge in [-0.3, -0.25) is 14.4 Å². The molecule has 0 N–H and O–H groups in total. The molecular formula is C12H13MnO3. The van der Waals surface area contributed by atoms with Crippen molar-refractivity contribution in [3.8, 4) is 0 Å². The van der Waals surface area contributed by atoms with Crippen LogP contribution in [-0.4, -0.2) is 20.4 Å². The standard InChI is InChI=1S/C9H13.3CO.Mn/c1-6-5-7(2)9(4)8(6)3;3*1-2;/h6H,1-4H3;;;;. The molecule has 1 unspecified atom stereocenters. The van der Waals surface area contributed by atoms with Gasteiger partial charge in [-0.15, -0.1) is 0 Å². The predicted molar refractivity (Wildman–Crippen MR) is 57.3 cm³/mol. The largest absolute Gasteiger partial charge is 0.281 e. The fraction of sp³-hybridized carbons (Fsp3) is 0.417. The Labute approximate surface area is 106 Å². The third-order valence-electron chi connectivity index (χ3n) is 2.54. The van der Waals surface area contributed by atoms with Crippen LogP contribution >= 0.6 is 0 Å². The first-order chi connectivity index (χ1) is 7.55. The van der Waals surface area contributed by atoms with Crippen molar-refractivity contribution in [3.63, 3.8) is 0 Å². The molecule has 0 amide bonds. The van der Waals surface area contributed by atoms with Crippen LogP contribution in [0.4, 0.5) is 0 Å². The van der Waals surface area contributed by atoms with Crippen LogP contribution in [0.3, 0.4) is 0 Å². The molecule has 1 atom stereocenters. The summed E-state index contributed by atoms with van der Waals surface area (Å²) in [6, 6.07) is 0. The third kappa shape index (κ3) is 5.19. The summed E-state index contributed by atoms with van der Waals surface area (Å²) in [5, 5.41) is 0. The molecule has 0 aromatic carbocycles. The van der Waals surface area contributed by atoms with Crippen molar-refractivity contribution in [1.82, 2.24) is 0 Å². The smallest absolute Gasteiger partial charge is 0.281 e. The molecule has 0 aliphatic heterocycles. The summed E-state index contributed by atoms with van der Waals surface area (Å²) < 4.78 is 1.36. The fourth-order valence-electron chi connectivity index (χ4n) is 1.31. The molecule has 0 fully saturated rings. The Morgan fingerprint density at radius 3 is 1.25 bits per heavy atom. The van der Waals surface area contributed by atoms with Gasteiger partial charge in [0.1, 0.15) is 0 Å². The normalized spacial score (nSPS) is 17.4. The Bertz CT molecular complexity index is 241. The van der Waals surface area contributed by atoms with Gasteiger partial charge in [-0.25, -0.2) is 0 Å². The van der Waals surface area contributed by atoms with Crippen LogP contribution in [-0.2, 0) is 30.4 Å². The van der Waals surface area contributed by atoms with E-state index in [9.17, 15) is 0 Å². The van der Waals surface area contributed by atoms with Crippen LogP contribution in [0.25, 0.3) is 0 Å². The molecule has 0 saturated heterocycles. The van der Waals surface area contributed by atoms with Gasteiger partial charge in [-0.05, 0) is 0 Å². The molecular weight excluding hydrogens is 247 g/mol. The van der Waals surface area contributed by atoms with E-state index in [1.165, 1.54) is 21.2 Å². The van der Waals surface area contributed by atoms with Crippen LogP contribution in [0.15, 0.2) is 21.2 Å². The van der Waals surface area contributed by atoms with Crippen LogP contribution in [0.1, 0.15) is 27.7 Å². The van der Waals surface area contributed by atoms with Gasteiger partial charge in [0.05, 0.1) is 0 Å². The van der Waals surface area contributed by atoms with Crippen molar-refractivity contribution >= 4 is 20.4 Å². The van der Waals surface area contributed by atoms with E-state index in [0.717, 1.165) is 0 Å². The molecule has 1 aliphatic rings. The second-order valence-electron chi connectivity index (χ2n) is 3.00. The van der Waals surface area contributed by atoms with Crippen molar-refractivity contribution in [1.29, 1.82) is 0 Å². The summed E-state index contributed by atoms with van der Waals surface area (Å²) in [5.41, 5.74) is 4.38. The summed E-state index contributed by atoms with van der Waals surface area (Å²) in [5.74, 6) is 0.611. The number of hydrogen-bond donors (Lipinski definition) is 0.